The zero-order chi connectivity index (χ0) is 14.7. The molecule has 0 unspecified atom stereocenters. The number of fused-ring (bicyclic) bond motifs is 1. The van der Waals surface area contributed by atoms with E-state index in [-0.39, 0.29) is 6.03 Å². The van der Waals surface area contributed by atoms with Crippen molar-refractivity contribution in [2.75, 3.05) is 25.5 Å². The van der Waals surface area contributed by atoms with E-state index in [1.54, 1.807) is 6.20 Å². The molecule has 21 heavy (non-hydrogen) atoms. The van der Waals surface area contributed by atoms with Gasteiger partial charge in [0, 0.05) is 31.9 Å². The topological polar surface area (TPSA) is 90.9 Å². The summed E-state index contributed by atoms with van der Waals surface area (Å²) in [6.45, 7) is 3.25. The van der Waals surface area contributed by atoms with Crippen molar-refractivity contribution in [2.45, 2.75) is 19.5 Å². The molecule has 0 radical (unpaired) electrons. The maximum absolute atomic E-state index is 11.8. The Morgan fingerprint density at radius 2 is 2.38 bits per heavy atom. The minimum absolute atomic E-state index is 0.234. The lowest BCUT2D eigenvalue weighted by molar-refractivity contribution is 0.252. The van der Waals surface area contributed by atoms with Crippen LogP contribution >= 0.6 is 0 Å². The molecule has 3 heterocycles. The van der Waals surface area contributed by atoms with Gasteiger partial charge in [-0.15, -0.1) is 0 Å². The van der Waals surface area contributed by atoms with Gasteiger partial charge in [-0.1, -0.05) is 0 Å². The van der Waals surface area contributed by atoms with Gasteiger partial charge >= 0.3 is 6.03 Å². The number of carbonyl (C=O) groups is 1. The number of hydrogen-bond acceptors (Lipinski definition) is 4. The maximum atomic E-state index is 11.8. The number of amides is 2. The van der Waals surface area contributed by atoms with E-state index in [0.717, 1.165) is 37.3 Å². The van der Waals surface area contributed by atoms with Gasteiger partial charge in [0.2, 0.25) is 0 Å². The first kappa shape index (κ1) is 13.6. The van der Waals surface area contributed by atoms with E-state index in [4.69, 9.17) is 0 Å². The lowest BCUT2D eigenvalue weighted by Gasteiger charge is -2.22. The Morgan fingerprint density at radius 3 is 3.19 bits per heavy atom. The van der Waals surface area contributed by atoms with E-state index in [2.05, 4.69) is 37.9 Å². The molecule has 0 saturated heterocycles. The number of aromatic nitrogens is 4. The largest absolute Gasteiger partial charge is 0.337 e. The van der Waals surface area contributed by atoms with Crippen molar-refractivity contribution in [1.82, 2.24) is 30.2 Å². The minimum Gasteiger partial charge on any atom is -0.337 e. The number of carbonyl (C=O) groups excluding carboxylic acids is 1. The van der Waals surface area contributed by atoms with E-state index in [1.165, 1.54) is 0 Å². The van der Waals surface area contributed by atoms with E-state index < -0.39 is 0 Å². The van der Waals surface area contributed by atoms with Crippen molar-refractivity contribution in [2.24, 2.45) is 0 Å². The highest BCUT2D eigenvalue weighted by atomic mass is 16.2. The highest BCUT2D eigenvalue weighted by molar-refractivity contribution is 5.88. The van der Waals surface area contributed by atoms with Crippen LogP contribution in [0, 0.1) is 0 Å². The van der Waals surface area contributed by atoms with Gasteiger partial charge in [-0.2, -0.15) is 10.2 Å². The van der Waals surface area contributed by atoms with Gasteiger partial charge < -0.3 is 5.32 Å². The number of urea groups is 1. The third-order valence-corrected chi connectivity index (χ3v) is 3.48. The van der Waals surface area contributed by atoms with E-state index >= 15 is 0 Å². The predicted molar refractivity (Wildman–Crippen MR) is 77.9 cm³/mol. The van der Waals surface area contributed by atoms with Crippen LogP contribution in [0.5, 0.6) is 0 Å². The quantitative estimate of drug-likeness (QED) is 0.760. The summed E-state index contributed by atoms with van der Waals surface area (Å²) in [5.41, 5.74) is 2.19. The predicted octanol–water partition coefficient (Wildman–Crippen LogP) is 0.416. The van der Waals surface area contributed by atoms with Crippen LogP contribution in [0.15, 0.2) is 18.5 Å². The van der Waals surface area contributed by atoms with E-state index in [9.17, 15) is 4.79 Å². The third kappa shape index (κ3) is 3.40. The summed E-state index contributed by atoms with van der Waals surface area (Å²) in [7, 11) is 2.08. The number of rotatable bonds is 4. The van der Waals surface area contributed by atoms with Crippen LogP contribution in [0.2, 0.25) is 0 Å². The molecule has 2 amide bonds. The first-order valence-corrected chi connectivity index (χ1v) is 6.98. The van der Waals surface area contributed by atoms with Crippen LogP contribution in [0.4, 0.5) is 10.6 Å². The van der Waals surface area contributed by atoms with Crippen LogP contribution < -0.4 is 10.6 Å². The number of anilines is 1. The zero-order valence-corrected chi connectivity index (χ0v) is 12.0. The molecular formula is C13H19N7O. The highest BCUT2D eigenvalue weighted by Gasteiger charge is 2.16. The number of aromatic amines is 1. The minimum atomic E-state index is -0.234. The zero-order valence-electron chi connectivity index (χ0n) is 12.0. The van der Waals surface area contributed by atoms with Crippen molar-refractivity contribution in [3.8, 4) is 0 Å². The fourth-order valence-electron chi connectivity index (χ4n) is 2.35. The molecule has 0 aromatic carbocycles. The smallest absolute Gasteiger partial charge is 0.320 e. The molecule has 2 aromatic heterocycles. The first-order chi connectivity index (χ1) is 10.2. The lowest BCUT2D eigenvalue weighted by Crippen LogP contribution is -2.31. The van der Waals surface area contributed by atoms with Crippen molar-refractivity contribution >= 4 is 11.8 Å². The average molecular weight is 289 g/mol. The Bertz CT molecular complexity index is 604. The molecule has 8 nitrogen and oxygen atoms in total. The SMILES string of the molecule is CN1CCn2nc(NC(=O)NCCc3cn[nH]c3)cc2C1. The molecule has 1 aliphatic rings. The Labute approximate surface area is 122 Å². The fourth-order valence-corrected chi connectivity index (χ4v) is 2.35. The van der Waals surface area contributed by atoms with Crippen molar-refractivity contribution < 1.29 is 4.79 Å². The lowest BCUT2D eigenvalue weighted by atomic mass is 10.2. The van der Waals surface area contributed by atoms with E-state index in [1.807, 2.05) is 16.9 Å². The molecule has 3 N–H and O–H groups in total. The van der Waals surface area contributed by atoms with Crippen LogP contribution in [0.3, 0.4) is 0 Å². The summed E-state index contributed by atoms with van der Waals surface area (Å²) < 4.78 is 1.95. The average Bonchev–Trinajstić information content (AvgIpc) is 3.07. The Morgan fingerprint density at radius 1 is 1.48 bits per heavy atom. The van der Waals surface area contributed by atoms with Crippen molar-refractivity contribution in [1.29, 1.82) is 0 Å². The number of hydrogen-bond donors (Lipinski definition) is 3. The summed E-state index contributed by atoms with van der Waals surface area (Å²) >= 11 is 0. The molecule has 2 aromatic rings. The molecule has 0 atom stereocenters. The number of nitrogens with one attached hydrogen (secondary N) is 3. The molecule has 3 rings (SSSR count). The summed E-state index contributed by atoms with van der Waals surface area (Å²) in [5.74, 6) is 0.598. The Hall–Kier alpha value is -2.35. The van der Waals surface area contributed by atoms with Crippen molar-refractivity contribution in [3.63, 3.8) is 0 Å². The third-order valence-electron chi connectivity index (χ3n) is 3.48. The Balaban J connectivity index is 1.48. The highest BCUT2D eigenvalue weighted by Crippen LogP contribution is 2.15. The van der Waals surface area contributed by atoms with E-state index in [0.29, 0.717) is 12.4 Å². The maximum Gasteiger partial charge on any atom is 0.320 e. The van der Waals surface area contributed by atoms with Gasteiger partial charge in [-0.3, -0.25) is 20.0 Å². The van der Waals surface area contributed by atoms with Crippen molar-refractivity contribution in [3.05, 3.63) is 29.7 Å². The molecule has 0 spiro atoms. The summed E-state index contributed by atoms with van der Waals surface area (Å²) in [4.78, 5) is 14.0. The number of H-pyrrole nitrogens is 1. The standard InChI is InChI=1S/C13H19N7O/c1-19-4-5-20-11(9-19)6-12(18-20)17-13(21)14-3-2-10-7-15-16-8-10/h6-8H,2-5,9H2,1H3,(H,15,16)(H2,14,17,18,21). The molecule has 0 aliphatic carbocycles. The van der Waals surface area contributed by atoms with Crippen LogP contribution in [0.25, 0.3) is 0 Å². The van der Waals surface area contributed by atoms with Crippen LogP contribution in [-0.2, 0) is 19.5 Å². The number of likely N-dealkylation sites (N-methyl/N-ethyl adjacent to an activating group) is 1. The van der Waals surface area contributed by atoms with Gasteiger partial charge in [0.1, 0.15) is 0 Å². The second-order valence-electron chi connectivity index (χ2n) is 5.22. The Kier molecular flexibility index (Phi) is 3.87. The molecule has 0 fully saturated rings. The summed E-state index contributed by atoms with van der Waals surface area (Å²) in [5, 5.41) is 16.6. The summed E-state index contributed by atoms with van der Waals surface area (Å²) in [6.07, 6.45) is 4.31. The monoisotopic (exact) mass is 289 g/mol. The van der Waals surface area contributed by atoms with Crippen LogP contribution in [-0.4, -0.2) is 51.0 Å². The number of nitrogens with zero attached hydrogens (tertiary/aromatic N) is 4. The molecule has 8 heteroatoms. The first-order valence-electron chi connectivity index (χ1n) is 6.98. The van der Waals surface area contributed by atoms with Gasteiger partial charge in [0.25, 0.3) is 0 Å². The second-order valence-corrected chi connectivity index (χ2v) is 5.22. The normalized spacial score (nSPS) is 14.7. The van der Waals surface area contributed by atoms with Gasteiger partial charge in [-0.05, 0) is 19.0 Å². The molecule has 0 bridgehead atoms. The fraction of sp³-hybridized carbons (Fsp3) is 0.462. The summed E-state index contributed by atoms with van der Waals surface area (Å²) in [6, 6.07) is 1.69. The molecule has 1 aliphatic heterocycles. The molecular weight excluding hydrogens is 270 g/mol. The van der Waals surface area contributed by atoms with Gasteiger partial charge in [0.15, 0.2) is 5.82 Å². The van der Waals surface area contributed by atoms with Crippen LogP contribution in [0.1, 0.15) is 11.3 Å². The van der Waals surface area contributed by atoms with Gasteiger partial charge in [0.05, 0.1) is 18.4 Å². The van der Waals surface area contributed by atoms with Gasteiger partial charge in [-0.25, -0.2) is 4.79 Å². The molecule has 0 saturated carbocycles. The molecule has 112 valence electrons. The second kappa shape index (κ2) is 5.96.